The summed E-state index contributed by atoms with van der Waals surface area (Å²) >= 11 is 1.52. The molecule has 1 fully saturated rings. The van der Waals surface area contributed by atoms with E-state index >= 15 is 0 Å². The van der Waals surface area contributed by atoms with Gasteiger partial charge in [-0.3, -0.25) is 4.57 Å². The first kappa shape index (κ1) is 19.9. The third-order valence-corrected chi connectivity index (χ3v) is 5.62. The van der Waals surface area contributed by atoms with Gasteiger partial charge in [0, 0.05) is 16.6 Å². The van der Waals surface area contributed by atoms with Crippen LogP contribution in [0.3, 0.4) is 0 Å². The number of nitrogens with one attached hydrogen (secondary N) is 1. The third-order valence-electron chi connectivity index (χ3n) is 4.13. The van der Waals surface area contributed by atoms with Crippen molar-refractivity contribution >= 4 is 23.3 Å². The summed E-state index contributed by atoms with van der Waals surface area (Å²) in [5.41, 5.74) is 0.349. The van der Waals surface area contributed by atoms with Gasteiger partial charge in [0.1, 0.15) is 11.9 Å². The van der Waals surface area contributed by atoms with E-state index in [0.29, 0.717) is 5.82 Å². The van der Waals surface area contributed by atoms with Crippen molar-refractivity contribution in [1.82, 2.24) is 9.55 Å². The highest BCUT2D eigenvalue weighted by Crippen LogP contribution is 2.42. The smallest absolute Gasteiger partial charge is 0.351 e. The van der Waals surface area contributed by atoms with Crippen LogP contribution in [-0.4, -0.2) is 48.6 Å². The molecule has 7 nitrogen and oxygen atoms in total. The number of nitrogens with zero attached hydrogens (tertiary/aromatic N) is 2. The van der Waals surface area contributed by atoms with Gasteiger partial charge in [-0.05, 0) is 18.2 Å². The van der Waals surface area contributed by atoms with E-state index in [0.717, 1.165) is 5.69 Å². The van der Waals surface area contributed by atoms with E-state index in [4.69, 9.17) is 4.74 Å². The fourth-order valence-electron chi connectivity index (χ4n) is 2.97. The highest BCUT2D eigenvalue weighted by atomic mass is 32.2. The number of ether oxygens (including phenoxy) is 1. The van der Waals surface area contributed by atoms with E-state index < -0.39 is 29.4 Å². The van der Waals surface area contributed by atoms with Crippen LogP contribution in [0.15, 0.2) is 47.4 Å². The fraction of sp³-hybridized carbons (Fsp3) is 0.474. The summed E-state index contributed by atoms with van der Waals surface area (Å²) in [5.74, 6) is 0.430. The Kier molecular flexibility index (Phi) is 5.90. The standard InChI is InChI=1S/C19H25N3O4S/c1-19(2,3)27-16-15(24)13(11-23)26-17(16)22-10-9-14(21-18(22)25)20-12-7-5-4-6-8-12/h4-10,13,15-17,23-24H,11H2,1-3H3,(H,20,21,25). The lowest BCUT2D eigenvalue weighted by Crippen LogP contribution is -2.36. The third kappa shape index (κ3) is 4.70. The molecule has 1 aromatic heterocycles. The van der Waals surface area contributed by atoms with Crippen LogP contribution in [0.4, 0.5) is 11.5 Å². The number of benzene rings is 1. The summed E-state index contributed by atoms with van der Waals surface area (Å²) < 4.78 is 7.01. The van der Waals surface area contributed by atoms with Crippen LogP contribution in [0.5, 0.6) is 0 Å². The number of hydrogen-bond acceptors (Lipinski definition) is 7. The molecule has 0 radical (unpaired) electrons. The molecule has 1 aliphatic heterocycles. The molecule has 1 aromatic carbocycles. The molecule has 2 aromatic rings. The molecule has 3 rings (SSSR count). The van der Waals surface area contributed by atoms with Crippen molar-refractivity contribution in [2.24, 2.45) is 0 Å². The summed E-state index contributed by atoms with van der Waals surface area (Å²) in [6, 6.07) is 11.1. The quantitative estimate of drug-likeness (QED) is 0.718. The number of hydrogen-bond donors (Lipinski definition) is 3. The number of thioether (sulfide) groups is 1. The summed E-state index contributed by atoms with van der Waals surface area (Å²) in [7, 11) is 0. The zero-order valence-electron chi connectivity index (χ0n) is 15.6. The van der Waals surface area contributed by atoms with Gasteiger partial charge >= 0.3 is 5.69 Å². The minimum Gasteiger partial charge on any atom is -0.394 e. The first-order chi connectivity index (χ1) is 12.8. The van der Waals surface area contributed by atoms with Crippen LogP contribution in [-0.2, 0) is 4.74 Å². The molecule has 4 atom stereocenters. The van der Waals surface area contributed by atoms with Gasteiger partial charge in [-0.25, -0.2) is 4.79 Å². The zero-order valence-corrected chi connectivity index (χ0v) is 16.4. The molecule has 0 saturated carbocycles. The normalized spacial score (nSPS) is 25.5. The topological polar surface area (TPSA) is 96.6 Å². The van der Waals surface area contributed by atoms with Gasteiger partial charge in [0.2, 0.25) is 0 Å². The molecule has 1 aliphatic rings. The second kappa shape index (κ2) is 8.02. The largest absolute Gasteiger partial charge is 0.394 e. The van der Waals surface area contributed by atoms with Crippen molar-refractivity contribution in [2.75, 3.05) is 11.9 Å². The zero-order chi connectivity index (χ0) is 19.6. The predicted molar refractivity (Wildman–Crippen MR) is 106 cm³/mol. The van der Waals surface area contributed by atoms with Gasteiger partial charge in [-0.15, -0.1) is 11.8 Å². The molecule has 2 heterocycles. The molecule has 0 aliphatic carbocycles. The first-order valence-corrected chi connectivity index (χ1v) is 9.70. The lowest BCUT2D eigenvalue weighted by molar-refractivity contribution is -0.0456. The number of anilines is 2. The number of aromatic nitrogens is 2. The highest BCUT2D eigenvalue weighted by Gasteiger charge is 2.46. The molecule has 8 heteroatoms. The minimum absolute atomic E-state index is 0.149. The van der Waals surface area contributed by atoms with Gasteiger partial charge in [-0.1, -0.05) is 39.0 Å². The van der Waals surface area contributed by atoms with Crippen molar-refractivity contribution in [1.29, 1.82) is 0 Å². The molecule has 0 amide bonds. The van der Waals surface area contributed by atoms with E-state index in [2.05, 4.69) is 10.3 Å². The van der Waals surface area contributed by atoms with Gasteiger partial charge < -0.3 is 20.3 Å². The molecule has 27 heavy (non-hydrogen) atoms. The maximum absolute atomic E-state index is 12.6. The van der Waals surface area contributed by atoms with Crippen LogP contribution in [0.1, 0.15) is 27.0 Å². The van der Waals surface area contributed by atoms with Crippen LogP contribution >= 0.6 is 11.8 Å². The lowest BCUT2D eigenvalue weighted by Gasteiger charge is -2.28. The number of para-hydroxylation sites is 1. The Bertz CT molecular complexity index is 822. The van der Waals surface area contributed by atoms with E-state index in [1.54, 1.807) is 12.3 Å². The Morgan fingerprint density at radius 1 is 1.26 bits per heavy atom. The number of aliphatic hydroxyl groups is 2. The number of rotatable bonds is 5. The predicted octanol–water partition coefficient (Wildman–Crippen LogP) is 2.14. The Morgan fingerprint density at radius 2 is 1.96 bits per heavy atom. The molecule has 1 saturated heterocycles. The van der Waals surface area contributed by atoms with Gasteiger partial charge in [-0.2, -0.15) is 4.98 Å². The molecule has 0 spiro atoms. The lowest BCUT2D eigenvalue weighted by atomic mass is 10.2. The van der Waals surface area contributed by atoms with Crippen molar-refractivity contribution in [3.8, 4) is 0 Å². The van der Waals surface area contributed by atoms with Crippen molar-refractivity contribution in [3.05, 3.63) is 53.1 Å². The molecule has 0 bridgehead atoms. The van der Waals surface area contributed by atoms with Crippen LogP contribution < -0.4 is 11.0 Å². The Hall–Kier alpha value is -1.87. The van der Waals surface area contributed by atoms with Crippen molar-refractivity contribution in [3.63, 3.8) is 0 Å². The van der Waals surface area contributed by atoms with Gasteiger partial charge in [0.05, 0.1) is 18.0 Å². The summed E-state index contributed by atoms with van der Waals surface area (Å²) in [5, 5.41) is 22.7. The second-order valence-corrected chi connectivity index (χ2v) is 9.43. The first-order valence-electron chi connectivity index (χ1n) is 8.82. The monoisotopic (exact) mass is 391 g/mol. The Morgan fingerprint density at radius 3 is 2.56 bits per heavy atom. The average molecular weight is 391 g/mol. The van der Waals surface area contributed by atoms with E-state index in [-0.39, 0.29) is 11.4 Å². The molecular weight excluding hydrogens is 366 g/mol. The van der Waals surface area contributed by atoms with Crippen molar-refractivity contribution < 1.29 is 14.9 Å². The highest BCUT2D eigenvalue weighted by molar-refractivity contribution is 8.01. The SMILES string of the molecule is CC(C)(C)SC1C(O)C(CO)OC1n1ccc(Nc2ccccc2)nc1=O. The van der Waals surface area contributed by atoms with E-state index in [1.165, 1.54) is 16.3 Å². The Balaban J connectivity index is 1.86. The summed E-state index contributed by atoms with van der Waals surface area (Å²) in [4.78, 5) is 16.7. The van der Waals surface area contributed by atoms with Crippen molar-refractivity contribution in [2.45, 2.75) is 49.2 Å². The molecule has 3 N–H and O–H groups in total. The molecular formula is C19H25N3O4S. The summed E-state index contributed by atoms with van der Waals surface area (Å²) in [6.45, 7) is 5.78. The van der Waals surface area contributed by atoms with Gasteiger partial charge in [0.25, 0.3) is 0 Å². The molecule has 4 unspecified atom stereocenters. The number of aliphatic hydroxyl groups excluding tert-OH is 2. The fourth-order valence-corrected chi connectivity index (χ4v) is 4.42. The maximum Gasteiger partial charge on any atom is 0.351 e. The van der Waals surface area contributed by atoms with E-state index in [1.807, 2.05) is 51.1 Å². The maximum atomic E-state index is 12.6. The molecule has 146 valence electrons. The van der Waals surface area contributed by atoms with Crippen LogP contribution in [0.25, 0.3) is 0 Å². The summed E-state index contributed by atoms with van der Waals surface area (Å²) in [6.07, 6.45) is -0.706. The average Bonchev–Trinajstić information content (AvgIpc) is 2.90. The second-order valence-electron chi connectivity index (χ2n) is 7.43. The van der Waals surface area contributed by atoms with Gasteiger partial charge in [0.15, 0.2) is 6.23 Å². The van der Waals surface area contributed by atoms with E-state index in [9.17, 15) is 15.0 Å². The van der Waals surface area contributed by atoms with Crippen LogP contribution in [0.2, 0.25) is 0 Å². The minimum atomic E-state index is -0.877. The van der Waals surface area contributed by atoms with Crippen LogP contribution in [0, 0.1) is 0 Å². The Labute approximate surface area is 162 Å².